The van der Waals surface area contributed by atoms with Crippen LogP contribution < -0.4 is 0 Å². The van der Waals surface area contributed by atoms with Crippen LogP contribution in [0.2, 0.25) is 0 Å². The van der Waals surface area contributed by atoms with Gasteiger partial charge in [0.1, 0.15) is 16.4 Å². The molecule has 2 aromatic heterocycles. The molecular formula is C15H10N4OS2. The van der Waals surface area contributed by atoms with E-state index in [1.807, 2.05) is 10.8 Å². The van der Waals surface area contributed by atoms with Crippen LogP contribution in [0.15, 0.2) is 34.0 Å². The Morgan fingerprint density at radius 1 is 1.23 bits per heavy atom. The van der Waals surface area contributed by atoms with Crippen molar-refractivity contribution < 1.29 is 5.11 Å². The van der Waals surface area contributed by atoms with Crippen LogP contribution in [0.25, 0.3) is 22.0 Å². The first-order valence-corrected chi connectivity index (χ1v) is 8.03. The lowest BCUT2D eigenvalue weighted by Crippen LogP contribution is -1.90. The third-order valence-electron chi connectivity index (χ3n) is 3.03. The number of aliphatic hydroxyl groups is 1. The standard InChI is InChI=1S/C15H10N4OS2/c1-17-15-19-13(8-22-15)12-7-21-14(18-12)11-4-9(5-16)2-3-10(11)6-20/h2-4,7-8,20H,1,6H2. The zero-order valence-electron chi connectivity index (χ0n) is 11.4. The van der Waals surface area contributed by atoms with E-state index in [-0.39, 0.29) is 6.61 Å². The first-order valence-electron chi connectivity index (χ1n) is 6.27. The van der Waals surface area contributed by atoms with Gasteiger partial charge >= 0.3 is 0 Å². The van der Waals surface area contributed by atoms with Gasteiger partial charge in [-0.25, -0.2) is 15.0 Å². The van der Waals surface area contributed by atoms with Crippen LogP contribution in [-0.2, 0) is 6.61 Å². The molecule has 108 valence electrons. The van der Waals surface area contributed by atoms with Crippen molar-refractivity contribution in [2.45, 2.75) is 6.61 Å². The lowest BCUT2D eigenvalue weighted by molar-refractivity contribution is 0.282. The Morgan fingerprint density at radius 2 is 2.00 bits per heavy atom. The molecule has 0 saturated heterocycles. The predicted octanol–water partition coefficient (Wildman–Crippen LogP) is 3.63. The van der Waals surface area contributed by atoms with Gasteiger partial charge in [-0.05, 0) is 24.4 Å². The Balaban J connectivity index is 2.03. The van der Waals surface area contributed by atoms with Crippen molar-refractivity contribution in [2.75, 3.05) is 0 Å². The van der Waals surface area contributed by atoms with Crippen molar-refractivity contribution in [1.82, 2.24) is 9.97 Å². The molecule has 0 aliphatic heterocycles. The highest BCUT2D eigenvalue weighted by molar-refractivity contribution is 7.14. The summed E-state index contributed by atoms with van der Waals surface area (Å²) in [6.07, 6.45) is 0. The van der Waals surface area contributed by atoms with E-state index in [0.717, 1.165) is 27.5 Å². The maximum atomic E-state index is 9.47. The Kier molecular flexibility index (Phi) is 4.06. The van der Waals surface area contributed by atoms with E-state index < -0.39 is 0 Å². The molecule has 3 rings (SSSR count). The first kappa shape index (κ1) is 14.5. The minimum atomic E-state index is -0.100. The maximum absolute atomic E-state index is 9.47. The number of benzene rings is 1. The molecule has 5 nitrogen and oxygen atoms in total. The summed E-state index contributed by atoms with van der Waals surface area (Å²) in [5, 5.41) is 23.6. The van der Waals surface area contributed by atoms with Gasteiger partial charge in [-0.15, -0.1) is 22.7 Å². The quantitative estimate of drug-likeness (QED) is 0.742. The largest absolute Gasteiger partial charge is 0.392 e. The summed E-state index contributed by atoms with van der Waals surface area (Å²) < 4.78 is 0. The van der Waals surface area contributed by atoms with E-state index in [0.29, 0.717) is 10.7 Å². The van der Waals surface area contributed by atoms with E-state index in [4.69, 9.17) is 5.26 Å². The summed E-state index contributed by atoms with van der Waals surface area (Å²) in [5.74, 6) is 0. The van der Waals surface area contributed by atoms with Crippen LogP contribution >= 0.6 is 22.7 Å². The molecule has 0 aliphatic rings. The second-order valence-corrected chi connectivity index (χ2v) is 6.05. The number of hydrogen-bond donors (Lipinski definition) is 1. The van der Waals surface area contributed by atoms with Crippen LogP contribution in [0.4, 0.5) is 5.13 Å². The molecule has 0 amide bonds. The fraction of sp³-hybridized carbons (Fsp3) is 0.0667. The number of hydrogen-bond acceptors (Lipinski definition) is 7. The molecule has 0 aliphatic carbocycles. The number of thiazole rings is 2. The molecule has 0 bridgehead atoms. The third kappa shape index (κ3) is 2.67. The van der Waals surface area contributed by atoms with E-state index in [9.17, 15) is 5.11 Å². The summed E-state index contributed by atoms with van der Waals surface area (Å²) in [6, 6.07) is 7.28. The summed E-state index contributed by atoms with van der Waals surface area (Å²) in [4.78, 5) is 12.7. The molecule has 7 heteroatoms. The Labute approximate surface area is 134 Å². The molecule has 0 unspecified atom stereocenters. The Bertz CT molecular complexity index is 876. The number of aliphatic imine (C=N–C) groups is 1. The number of aromatic nitrogens is 2. The van der Waals surface area contributed by atoms with Gasteiger partial charge in [0.05, 0.1) is 18.2 Å². The minimum absolute atomic E-state index is 0.100. The fourth-order valence-electron chi connectivity index (χ4n) is 1.95. The topological polar surface area (TPSA) is 82.2 Å². The number of rotatable bonds is 4. The van der Waals surface area contributed by atoms with Gasteiger partial charge < -0.3 is 5.11 Å². The average molecular weight is 326 g/mol. The van der Waals surface area contributed by atoms with Crippen molar-refractivity contribution >= 4 is 34.5 Å². The van der Waals surface area contributed by atoms with Gasteiger partial charge in [0.15, 0.2) is 0 Å². The summed E-state index contributed by atoms with van der Waals surface area (Å²) >= 11 is 2.85. The van der Waals surface area contributed by atoms with E-state index >= 15 is 0 Å². The second kappa shape index (κ2) is 6.15. The van der Waals surface area contributed by atoms with Crippen molar-refractivity contribution in [3.8, 4) is 28.0 Å². The van der Waals surface area contributed by atoms with Crippen LogP contribution in [0.1, 0.15) is 11.1 Å². The van der Waals surface area contributed by atoms with Crippen molar-refractivity contribution in [3.63, 3.8) is 0 Å². The number of nitriles is 1. The van der Waals surface area contributed by atoms with Crippen LogP contribution in [0.5, 0.6) is 0 Å². The number of nitrogens with zero attached hydrogens (tertiary/aromatic N) is 4. The van der Waals surface area contributed by atoms with Crippen LogP contribution in [0.3, 0.4) is 0 Å². The normalized spacial score (nSPS) is 10.4. The molecule has 0 spiro atoms. The highest BCUT2D eigenvalue weighted by Crippen LogP contribution is 2.33. The molecule has 0 fully saturated rings. The summed E-state index contributed by atoms with van der Waals surface area (Å²) in [6.45, 7) is 3.35. The minimum Gasteiger partial charge on any atom is -0.392 e. The van der Waals surface area contributed by atoms with Crippen molar-refractivity contribution in [1.29, 1.82) is 5.26 Å². The Morgan fingerprint density at radius 3 is 2.68 bits per heavy atom. The van der Waals surface area contributed by atoms with Gasteiger partial charge in [-0.2, -0.15) is 5.26 Å². The summed E-state index contributed by atoms with van der Waals surface area (Å²) in [7, 11) is 0. The number of aliphatic hydroxyl groups excluding tert-OH is 1. The lowest BCUT2D eigenvalue weighted by Gasteiger charge is -2.04. The molecule has 0 saturated carbocycles. The molecule has 3 aromatic rings. The van der Waals surface area contributed by atoms with E-state index in [1.54, 1.807) is 18.2 Å². The first-order chi connectivity index (χ1) is 10.7. The SMILES string of the molecule is C=Nc1nc(-c2csc(-c3cc(C#N)ccc3CO)n2)cs1. The smallest absolute Gasteiger partial charge is 0.209 e. The van der Waals surface area contributed by atoms with Gasteiger partial charge in [0.25, 0.3) is 0 Å². The van der Waals surface area contributed by atoms with Crippen LogP contribution in [0, 0.1) is 11.3 Å². The zero-order valence-corrected chi connectivity index (χ0v) is 13.0. The molecule has 1 N–H and O–H groups in total. The molecule has 0 radical (unpaired) electrons. The van der Waals surface area contributed by atoms with Gasteiger partial charge in [0.2, 0.25) is 5.13 Å². The van der Waals surface area contributed by atoms with E-state index in [1.165, 1.54) is 22.7 Å². The van der Waals surface area contributed by atoms with Crippen LogP contribution in [-0.4, -0.2) is 21.8 Å². The van der Waals surface area contributed by atoms with Gasteiger partial charge in [-0.1, -0.05) is 6.07 Å². The van der Waals surface area contributed by atoms with E-state index in [2.05, 4.69) is 27.7 Å². The second-order valence-electron chi connectivity index (χ2n) is 4.35. The average Bonchev–Trinajstić information content (AvgIpc) is 3.22. The van der Waals surface area contributed by atoms with Crippen molar-refractivity contribution in [3.05, 3.63) is 40.1 Å². The highest BCUT2D eigenvalue weighted by atomic mass is 32.1. The highest BCUT2D eigenvalue weighted by Gasteiger charge is 2.13. The molecular weight excluding hydrogens is 316 g/mol. The zero-order chi connectivity index (χ0) is 15.5. The lowest BCUT2D eigenvalue weighted by atomic mass is 10.1. The van der Waals surface area contributed by atoms with Crippen molar-refractivity contribution in [2.24, 2.45) is 4.99 Å². The maximum Gasteiger partial charge on any atom is 0.209 e. The predicted molar refractivity (Wildman–Crippen MR) is 88.5 cm³/mol. The third-order valence-corrected chi connectivity index (χ3v) is 4.68. The molecule has 22 heavy (non-hydrogen) atoms. The van der Waals surface area contributed by atoms with Gasteiger partial charge in [0, 0.05) is 16.3 Å². The Hall–Kier alpha value is -2.40. The molecule has 0 atom stereocenters. The summed E-state index contributed by atoms with van der Waals surface area (Å²) in [5.41, 5.74) is 3.55. The van der Waals surface area contributed by atoms with Gasteiger partial charge in [-0.3, -0.25) is 0 Å². The molecule has 2 heterocycles. The monoisotopic (exact) mass is 326 g/mol. The fourth-order valence-corrected chi connectivity index (χ4v) is 3.43. The molecule has 1 aromatic carbocycles.